The number of nitro benzene ring substituents is 1. The number of ether oxygens (including phenoxy) is 1. The number of tetrazole rings is 1. The van der Waals surface area contributed by atoms with Gasteiger partial charge in [-0.2, -0.15) is 5.10 Å². The number of methoxy groups -OCH3 is 1. The molecule has 0 amide bonds. The van der Waals surface area contributed by atoms with E-state index < -0.39 is 4.92 Å². The zero-order chi connectivity index (χ0) is 17.1. The standard InChI is InChI=1S/C13H11N7O4/c1-23-8-2-4-10(11(6-8)20(21)22)12-5-3-9(24-12)7-15-19-13(14)16-17-18-19/h2-7H,1H3,(H2,14,16,18). The minimum absolute atomic E-state index is 0.0174. The SMILES string of the molecule is COc1ccc(-c2ccc(C=Nn3nnnc3N)o2)c([N+](=O)[O-])c1. The fraction of sp³-hybridized carbons (Fsp3) is 0.0769. The van der Waals surface area contributed by atoms with Crippen molar-refractivity contribution in [3.05, 3.63) is 46.2 Å². The number of aromatic nitrogens is 4. The van der Waals surface area contributed by atoms with Crippen molar-refractivity contribution >= 4 is 17.9 Å². The molecule has 0 radical (unpaired) electrons. The molecule has 11 nitrogen and oxygen atoms in total. The number of furan rings is 1. The molecule has 0 atom stereocenters. The Hall–Kier alpha value is -3.76. The molecule has 1 aromatic carbocycles. The normalized spacial score (nSPS) is 11.0. The number of benzene rings is 1. The van der Waals surface area contributed by atoms with E-state index in [2.05, 4.69) is 20.6 Å². The first kappa shape index (κ1) is 15.1. The lowest BCUT2D eigenvalue weighted by molar-refractivity contribution is -0.384. The first-order valence-corrected chi connectivity index (χ1v) is 6.59. The molecule has 0 aliphatic heterocycles. The van der Waals surface area contributed by atoms with Gasteiger partial charge in [0.15, 0.2) is 0 Å². The van der Waals surface area contributed by atoms with Gasteiger partial charge in [-0.05, 0) is 34.7 Å². The van der Waals surface area contributed by atoms with Gasteiger partial charge in [0.1, 0.15) is 17.3 Å². The van der Waals surface area contributed by atoms with Crippen molar-refractivity contribution in [2.75, 3.05) is 12.8 Å². The topological polar surface area (TPSA) is 147 Å². The number of nitrogens with two attached hydrogens (primary N) is 1. The molecule has 2 aromatic heterocycles. The molecule has 2 N–H and O–H groups in total. The van der Waals surface area contributed by atoms with Gasteiger partial charge in [-0.3, -0.25) is 10.1 Å². The first-order valence-electron chi connectivity index (χ1n) is 6.59. The second-order valence-electron chi connectivity index (χ2n) is 4.51. The van der Waals surface area contributed by atoms with Crippen molar-refractivity contribution < 1.29 is 14.1 Å². The van der Waals surface area contributed by atoms with Crippen molar-refractivity contribution in [3.63, 3.8) is 0 Å². The van der Waals surface area contributed by atoms with E-state index in [0.717, 1.165) is 4.79 Å². The van der Waals surface area contributed by atoms with Gasteiger partial charge in [0, 0.05) is 0 Å². The second kappa shape index (κ2) is 6.16. The van der Waals surface area contributed by atoms with E-state index in [4.69, 9.17) is 14.9 Å². The van der Waals surface area contributed by atoms with E-state index >= 15 is 0 Å². The highest BCUT2D eigenvalue weighted by Crippen LogP contribution is 2.33. The highest BCUT2D eigenvalue weighted by atomic mass is 16.6. The third kappa shape index (κ3) is 2.90. The molecular weight excluding hydrogens is 318 g/mol. The number of nitrogen functional groups attached to an aromatic ring is 1. The molecule has 0 aliphatic rings. The summed E-state index contributed by atoms with van der Waals surface area (Å²) in [6.07, 6.45) is 1.34. The Morgan fingerprint density at radius 1 is 1.42 bits per heavy atom. The van der Waals surface area contributed by atoms with Gasteiger partial charge in [0.2, 0.25) is 0 Å². The summed E-state index contributed by atoms with van der Waals surface area (Å²) in [5.74, 6) is 1.07. The van der Waals surface area contributed by atoms with Gasteiger partial charge in [0.05, 0.1) is 29.9 Å². The molecule has 0 saturated heterocycles. The van der Waals surface area contributed by atoms with Crippen LogP contribution in [0.1, 0.15) is 5.76 Å². The molecule has 0 spiro atoms. The lowest BCUT2D eigenvalue weighted by atomic mass is 10.1. The Morgan fingerprint density at radius 2 is 2.25 bits per heavy atom. The van der Waals surface area contributed by atoms with Crippen LogP contribution in [0, 0.1) is 10.1 Å². The van der Waals surface area contributed by atoms with E-state index in [0.29, 0.717) is 22.8 Å². The predicted octanol–water partition coefficient (Wildman–Crippen LogP) is 1.31. The smallest absolute Gasteiger partial charge is 0.284 e. The third-order valence-electron chi connectivity index (χ3n) is 3.06. The Bertz CT molecular complexity index is 915. The molecule has 0 unspecified atom stereocenters. The molecule has 2 heterocycles. The zero-order valence-electron chi connectivity index (χ0n) is 12.4. The van der Waals surface area contributed by atoms with Crippen LogP contribution in [0.4, 0.5) is 11.6 Å². The molecule has 122 valence electrons. The zero-order valence-corrected chi connectivity index (χ0v) is 12.4. The maximum atomic E-state index is 11.2. The summed E-state index contributed by atoms with van der Waals surface area (Å²) in [7, 11) is 1.44. The molecule has 3 rings (SSSR count). The Labute approximate surface area is 134 Å². The first-order chi connectivity index (χ1) is 11.6. The number of hydrogen-bond acceptors (Lipinski definition) is 9. The second-order valence-corrected chi connectivity index (χ2v) is 4.51. The highest BCUT2D eigenvalue weighted by molar-refractivity contribution is 5.79. The maximum absolute atomic E-state index is 11.2. The van der Waals surface area contributed by atoms with Crippen molar-refractivity contribution in [2.24, 2.45) is 5.10 Å². The van der Waals surface area contributed by atoms with Crippen LogP contribution in [-0.2, 0) is 0 Å². The minimum atomic E-state index is -0.504. The van der Waals surface area contributed by atoms with Crippen LogP contribution in [0.2, 0.25) is 0 Å². The van der Waals surface area contributed by atoms with Gasteiger partial charge in [0.25, 0.3) is 11.6 Å². The van der Waals surface area contributed by atoms with Crippen molar-refractivity contribution in [3.8, 4) is 17.1 Å². The summed E-state index contributed by atoms with van der Waals surface area (Å²) in [4.78, 5) is 11.7. The number of nitro groups is 1. The monoisotopic (exact) mass is 329 g/mol. The van der Waals surface area contributed by atoms with Crippen LogP contribution < -0.4 is 10.5 Å². The summed E-state index contributed by atoms with van der Waals surface area (Å²) in [5, 5.41) is 25.5. The van der Waals surface area contributed by atoms with Gasteiger partial charge in [-0.1, -0.05) is 9.89 Å². The molecule has 3 aromatic rings. The fourth-order valence-electron chi connectivity index (χ4n) is 1.95. The van der Waals surface area contributed by atoms with Crippen LogP contribution in [0.5, 0.6) is 5.75 Å². The summed E-state index contributed by atoms with van der Waals surface area (Å²) >= 11 is 0. The van der Waals surface area contributed by atoms with Gasteiger partial charge >= 0.3 is 0 Å². The van der Waals surface area contributed by atoms with E-state index in [1.807, 2.05) is 0 Å². The number of hydrogen-bond donors (Lipinski definition) is 1. The lowest BCUT2D eigenvalue weighted by Gasteiger charge is -2.03. The quantitative estimate of drug-likeness (QED) is 0.418. The molecule has 24 heavy (non-hydrogen) atoms. The van der Waals surface area contributed by atoms with Crippen LogP contribution >= 0.6 is 0 Å². The highest BCUT2D eigenvalue weighted by Gasteiger charge is 2.19. The molecular formula is C13H11N7O4. The Morgan fingerprint density at radius 3 is 2.92 bits per heavy atom. The van der Waals surface area contributed by atoms with Gasteiger partial charge in [-0.15, -0.1) is 0 Å². The molecule has 0 aliphatic carbocycles. The van der Waals surface area contributed by atoms with Crippen LogP contribution in [0.25, 0.3) is 11.3 Å². The van der Waals surface area contributed by atoms with E-state index in [1.165, 1.54) is 19.4 Å². The van der Waals surface area contributed by atoms with E-state index in [9.17, 15) is 10.1 Å². The van der Waals surface area contributed by atoms with Gasteiger partial charge < -0.3 is 14.9 Å². The Kier molecular flexibility index (Phi) is 3.89. The average molecular weight is 329 g/mol. The summed E-state index contributed by atoms with van der Waals surface area (Å²) < 4.78 is 10.6. The molecule has 11 heteroatoms. The minimum Gasteiger partial charge on any atom is -0.497 e. The van der Waals surface area contributed by atoms with Crippen molar-refractivity contribution in [1.82, 2.24) is 20.3 Å². The van der Waals surface area contributed by atoms with Gasteiger partial charge in [-0.25, -0.2) is 0 Å². The summed E-state index contributed by atoms with van der Waals surface area (Å²) in [5.41, 5.74) is 5.67. The number of rotatable bonds is 5. The van der Waals surface area contributed by atoms with Crippen LogP contribution in [0.3, 0.4) is 0 Å². The van der Waals surface area contributed by atoms with Crippen LogP contribution in [-0.4, -0.2) is 38.6 Å². The number of anilines is 1. The summed E-state index contributed by atoms with van der Waals surface area (Å²) in [6, 6.07) is 7.69. The van der Waals surface area contributed by atoms with Crippen molar-refractivity contribution in [1.29, 1.82) is 0 Å². The molecule has 0 saturated carbocycles. The van der Waals surface area contributed by atoms with Crippen LogP contribution in [0.15, 0.2) is 39.9 Å². The predicted molar refractivity (Wildman–Crippen MR) is 82.6 cm³/mol. The van der Waals surface area contributed by atoms with Crippen molar-refractivity contribution in [2.45, 2.75) is 0 Å². The summed E-state index contributed by atoms with van der Waals surface area (Å²) in [6.45, 7) is 0. The number of nitrogens with zero attached hydrogens (tertiary/aromatic N) is 6. The lowest BCUT2D eigenvalue weighted by Crippen LogP contribution is -1.99. The largest absolute Gasteiger partial charge is 0.497 e. The Balaban J connectivity index is 1.92. The molecule has 0 bridgehead atoms. The maximum Gasteiger partial charge on any atom is 0.284 e. The fourth-order valence-corrected chi connectivity index (χ4v) is 1.95. The average Bonchev–Trinajstić information content (AvgIpc) is 3.21. The third-order valence-corrected chi connectivity index (χ3v) is 3.06. The van der Waals surface area contributed by atoms with E-state index in [-0.39, 0.29) is 11.6 Å². The van der Waals surface area contributed by atoms with E-state index in [1.54, 1.807) is 24.3 Å². The molecule has 0 fully saturated rings.